The van der Waals surface area contributed by atoms with Crippen molar-refractivity contribution >= 4 is 0 Å². The van der Waals surface area contributed by atoms with Crippen molar-refractivity contribution in [3.05, 3.63) is 60.0 Å². The number of methoxy groups -OCH3 is 2. The molecule has 142 valence electrons. The maximum Gasteiger partial charge on any atom is 0.241 e. The maximum atomic E-state index is 5.50. The zero-order chi connectivity index (χ0) is 19.2. The van der Waals surface area contributed by atoms with Crippen molar-refractivity contribution in [3.8, 4) is 22.9 Å². The predicted octanol–water partition coefficient (Wildman–Crippen LogP) is 4.16. The first-order valence-corrected chi connectivity index (χ1v) is 8.93. The van der Waals surface area contributed by atoms with Crippen molar-refractivity contribution in [3.63, 3.8) is 0 Å². The van der Waals surface area contributed by atoms with E-state index < -0.39 is 0 Å². The summed E-state index contributed by atoms with van der Waals surface area (Å²) in [5.41, 5.74) is 2.02. The van der Waals surface area contributed by atoms with Crippen LogP contribution in [0.3, 0.4) is 0 Å². The van der Waals surface area contributed by atoms with Gasteiger partial charge in [-0.25, -0.2) is 0 Å². The van der Waals surface area contributed by atoms with Crippen LogP contribution in [0.15, 0.2) is 53.1 Å². The van der Waals surface area contributed by atoms with E-state index in [1.165, 1.54) is 5.56 Å². The summed E-state index contributed by atoms with van der Waals surface area (Å²) in [4.78, 5) is 6.86. The van der Waals surface area contributed by atoms with Gasteiger partial charge in [0.1, 0.15) is 11.5 Å². The van der Waals surface area contributed by atoms with Crippen LogP contribution in [0.1, 0.15) is 25.3 Å². The summed E-state index contributed by atoms with van der Waals surface area (Å²) in [5, 5.41) is 4.14. The third-order valence-electron chi connectivity index (χ3n) is 4.41. The number of hydrogen-bond donors (Lipinski definition) is 0. The molecule has 0 aliphatic heterocycles. The maximum absolute atomic E-state index is 5.50. The van der Waals surface area contributed by atoms with Gasteiger partial charge in [0.15, 0.2) is 0 Å². The molecule has 0 saturated carbocycles. The second-order valence-corrected chi connectivity index (χ2v) is 6.56. The van der Waals surface area contributed by atoms with E-state index in [9.17, 15) is 0 Å². The Morgan fingerprint density at radius 3 is 2.44 bits per heavy atom. The van der Waals surface area contributed by atoms with Crippen molar-refractivity contribution < 1.29 is 14.0 Å². The van der Waals surface area contributed by atoms with Gasteiger partial charge in [-0.2, -0.15) is 4.98 Å². The number of aromatic nitrogens is 2. The topological polar surface area (TPSA) is 60.6 Å². The lowest BCUT2D eigenvalue weighted by molar-refractivity contribution is 0.176. The molecule has 3 aromatic rings. The lowest BCUT2D eigenvalue weighted by Gasteiger charge is -2.24. The molecule has 0 aliphatic carbocycles. The fourth-order valence-corrected chi connectivity index (χ4v) is 2.82. The smallest absolute Gasteiger partial charge is 0.241 e. The van der Waals surface area contributed by atoms with Crippen molar-refractivity contribution in [2.75, 3.05) is 14.2 Å². The molecule has 27 heavy (non-hydrogen) atoms. The van der Waals surface area contributed by atoms with Gasteiger partial charge in [0.2, 0.25) is 11.7 Å². The highest BCUT2D eigenvalue weighted by atomic mass is 16.5. The minimum absolute atomic E-state index is 0.344. The fourth-order valence-electron chi connectivity index (χ4n) is 2.82. The van der Waals surface area contributed by atoms with E-state index in [4.69, 9.17) is 14.0 Å². The predicted molar refractivity (Wildman–Crippen MR) is 104 cm³/mol. The van der Waals surface area contributed by atoms with Gasteiger partial charge in [0, 0.05) is 18.7 Å². The van der Waals surface area contributed by atoms with Gasteiger partial charge in [0.05, 0.1) is 26.3 Å². The second kappa shape index (κ2) is 8.68. The average molecular weight is 367 g/mol. The Morgan fingerprint density at radius 2 is 1.78 bits per heavy atom. The first-order valence-electron chi connectivity index (χ1n) is 8.93. The molecule has 0 N–H and O–H groups in total. The first kappa shape index (κ1) is 18.9. The van der Waals surface area contributed by atoms with Crippen LogP contribution in [-0.4, -0.2) is 35.3 Å². The monoisotopic (exact) mass is 367 g/mol. The summed E-state index contributed by atoms with van der Waals surface area (Å²) >= 11 is 0. The summed E-state index contributed by atoms with van der Waals surface area (Å²) in [6.07, 6.45) is 0. The molecular formula is C21H25N3O3. The van der Waals surface area contributed by atoms with Crippen LogP contribution in [0.25, 0.3) is 11.4 Å². The fraction of sp³-hybridized carbons (Fsp3) is 0.333. The number of rotatable bonds is 8. The van der Waals surface area contributed by atoms with Gasteiger partial charge in [-0.05, 0) is 31.5 Å². The zero-order valence-corrected chi connectivity index (χ0v) is 16.2. The average Bonchev–Trinajstić information content (AvgIpc) is 3.16. The van der Waals surface area contributed by atoms with Crippen LogP contribution in [-0.2, 0) is 13.1 Å². The van der Waals surface area contributed by atoms with Gasteiger partial charge < -0.3 is 14.0 Å². The van der Waals surface area contributed by atoms with E-state index in [1.54, 1.807) is 20.3 Å². The molecule has 0 aliphatic rings. The van der Waals surface area contributed by atoms with E-state index >= 15 is 0 Å². The lowest BCUT2D eigenvalue weighted by atomic mass is 10.2. The Labute approximate surface area is 159 Å². The number of ether oxygens (including phenoxy) is 2. The molecule has 0 spiro atoms. The molecule has 1 aromatic heterocycles. The Hall–Kier alpha value is -2.86. The van der Waals surface area contributed by atoms with Gasteiger partial charge in [-0.15, -0.1) is 0 Å². The molecular weight excluding hydrogens is 342 g/mol. The molecule has 0 radical (unpaired) electrons. The molecule has 0 amide bonds. The summed E-state index contributed by atoms with van der Waals surface area (Å²) in [7, 11) is 3.23. The quantitative estimate of drug-likeness (QED) is 0.596. The highest BCUT2D eigenvalue weighted by molar-refractivity contribution is 5.65. The highest BCUT2D eigenvalue weighted by Gasteiger charge is 2.18. The molecule has 0 atom stereocenters. The van der Waals surface area contributed by atoms with E-state index in [2.05, 4.69) is 53.2 Å². The third-order valence-corrected chi connectivity index (χ3v) is 4.41. The number of nitrogens with zero attached hydrogens (tertiary/aromatic N) is 3. The largest absolute Gasteiger partial charge is 0.497 e. The Morgan fingerprint density at radius 1 is 1.00 bits per heavy atom. The van der Waals surface area contributed by atoms with Crippen molar-refractivity contribution in [1.29, 1.82) is 0 Å². The normalized spacial score (nSPS) is 11.2. The molecule has 2 aromatic carbocycles. The minimum Gasteiger partial charge on any atom is -0.497 e. The van der Waals surface area contributed by atoms with Crippen LogP contribution in [0.2, 0.25) is 0 Å². The standard InChI is InChI=1S/C21H25N3O3/c1-15(2)24(13-16-8-6-5-7-9-16)14-20-22-21(23-27-20)18-11-10-17(25-3)12-19(18)26-4/h5-12,15H,13-14H2,1-4H3. The van der Waals surface area contributed by atoms with E-state index in [0.29, 0.717) is 35.8 Å². The van der Waals surface area contributed by atoms with Crippen molar-refractivity contribution in [2.45, 2.75) is 33.0 Å². The van der Waals surface area contributed by atoms with Crippen LogP contribution in [0.4, 0.5) is 0 Å². The summed E-state index contributed by atoms with van der Waals surface area (Å²) in [6, 6.07) is 16.2. The SMILES string of the molecule is COc1ccc(-c2noc(CN(Cc3ccccc3)C(C)C)n2)c(OC)c1. The summed E-state index contributed by atoms with van der Waals surface area (Å²) < 4.78 is 16.2. The van der Waals surface area contributed by atoms with E-state index in [-0.39, 0.29) is 0 Å². The summed E-state index contributed by atoms with van der Waals surface area (Å²) in [6.45, 7) is 5.72. The third kappa shape index (κ3) is 4.65. The molecule has 6 nitrogen and oxygen atoms in total. The van der Waals surface area contributed by atoms with Crippen LogP contribution < -0.4 is 9.47 Å². The Bertz CT molecular complexity index is 862. The van der Waals surface area contributed by atoms with Gasteiger partial charge in [0.25, 0.3) is 0 Å². The van der Waals surface area contributed by atoms with Crippen LogP contribution >= 0.6 is 0 Å². The summed E-state index contributed by atoms with van der Waals surface area (Å²) in [5.74, 6) is 2.44. The lowest BCUT2D eigenvalue weighted by Crippen LogP contribution is -2.29. The van der Waals surface area contributed by atoms with E-state index in [1.807, 2.05) is 18.2 Å². The molecule has 0 saturated heterocycles. The molecule has 3 rings (SSSR count). The molecule has 0 bridgehead atoms. The second-order valence-electron chi connectivity index (χ2n) is 6.56. The van der Waals surface area contributed by atoms with Crippen LogP contribution in [0, 0.1) is 0 Å². The van der Waals surface area contributed by atoms with Gasteiger partial charge in [-0.3, -0.25) is 4.90 Å². The zero-order valence-electron chi connectivity index (χ0n) is 16.2. The molecule has 1 heterocycles. The van der Waals surface area contributed by atoms with E-state index in [0.717, 1.165) is 12.1 Å². The molecule has 0 fully saturated rings. The van der Waals surface area contributed by atoms with Crippen molar-refractivity contribution in [2.24, 2.45) is 0 Å². The van der Waals surface area contributed by atoms with Gasteiger partial charge >= 0.3 is 0 Å². The minimum atomic E-state index is 0.344. The Kier molecular flexibility index (Phi) is 6.08. The van der Waals surface area contributed by atoms with Gasteiger partial charge in [-0.1, -0.05) is 35.5 Å². The van der Waals surface area contributed by atoms with Crippen LogP contribution in [0.5, 0.6) is 11.5 Å². The Balaban J connectivity index is 1.78. The molecule has 6 heteroatoms. The highest BCUT2D eigenvalue weighted by Crippen LogP contribution is 2.31. The van der Waals surface area contributed by atoms with Crippen molar-refractivity contribution in [1.82, 2.24) is 15.0 Å². The first-order chi connectivity index (χ1) is 13.1. The number of benzene rings is 2. The number of hydrogen-bond acceptors (Lipinski definition) is 6. The molecule has 0 unspecified atom stereocenters.